The molecule has 0 aromatic carbocycles. The SMILES string of the molecule is OCc1cnc(OC2COC2)cn1. The topological polar surface area (TPSA) is 64.5 Å². The lowest BCUT2D eigenvalue weighted by Gasteiger charge is -2.25. The Morgan fingerprint density at radius 3 is 2.77 bits per heavy atom. The molecule has 0 amide bonds. The first-order chi connectivity index (χ1) is 6.38. The van der Waals surface area contributed by atoms with E-state index in [1.54, 1.807) is 0 Å². The van der Waals surface area contributed by atoms with Crippen molar-refractivity contribution in [2.75, 3.05) is 13.2 Å². The Balaban J connectivity index is 1.96. The van der Waals surface area contributed by atoms with Crippen molar-refractivity contribution in [2.45, 2.75) is 12.7 Å². The van der Waals surface area contributed by atoms with Gasteiger partial charge in [0.1, 0.15) is 6.10 Å². The predicted octanol–water partition coefficient (Wildman–Crippen LogP) is -0.254. The van der Waals surface area contributed by atoms with Crippen molar-refractivity contribution in [2.24, 2.45) is 0 Å². The van der Waals surface area contributed by atoms with Crippen LogP contribution in [0, 0.1) is 0 Å². The summed E-state index contributed by atoms with van der Waals surface area (Å²) >= 11 is 0. The van der Waals surface area contributed by atoms with E-state index in [1.165, 1.54) is 12.4 Å². The fraction of sp³-hybridized carbons (Fsp3) is 0.500. The van der Waals surface area contributed by atoms with Crippen LogP contribution in [-0.4, -0.2) is 34.4 Å². The van der Waals surface area contributed by atoms with Gasteiger partial charge < -0.3 is 14.6 Å². The lowest BCUT2D eigenvalue weighted by Crippen LogP contribution is -2.38. The Labute approximate surface area is 75.3 Å². The molecule has 1 aliphatic heterocycles. The fourth-order valence-electron chi connectivity index (χ4n) is 0.938. The molecule has 1 aliphatic rings. The molecule has 0 radical (unpaired) electrons. The molecular formula is C8H10N2O3. The van der Waals surface area contributed by atoms with E-state index < -0.39 is 0 Å². The van der Waals surface area contributed by atoms with E-state index in [9.17, 15) is 0 Å². The van der Waals surface area contributed by atoms with Crippen molar-refractivity contribution in [3.05, 3.63) is 18.1 Å². The molecule has 1 aromatic rings. The van der Waals surface area contributed by atoms with Gasteiger partial charge in [0.05, 0.1) is 37.9 Å². The minimum Gasteiger partial charge on any atom is -0.468 e. The van der Waals surface area contributed by atoms with Crippen LogP contribution in [0.25, 0.3) is 0 Å². The predicted molar refractivity (Wildman–Crippen MR) is 43.2 cm³/mol. The van der Waals surface area contributed by atoms with E-state index in [0.29, 0.717) is 24.8 Å². The van der Waals surface area contributed by atoms with E-state index in [0.717, 1.165) is 0 Å². The zero-order valence-corrected chi connectivity index (χ0v) is 7.01. The molecule has 0 atom stereocenters. The number of aromatic nitrogens is 2. The Morgan fingerprint density at radius 1 is 1.46 bits per heavy atom. The lowest BCUT2D eigenvalue weighted by atomic mass is 10.3. The fourth-order valence-corrected chi connectivity index (χ4v) is 0.938. The van der Waals surface area contributed by atoms with E-state index in [2.05, 4.69) is 9.97 Å². The average molecular weight is 182 g/mol. The van der Waals surface area contributed by atoms with Crippen LogP contribution < -0.4 is 4.74 Å². The van der Waals surface area contributed by atoms with E-state index >= 15 is 0 Å². The molecule has 1 saturated heterocycles. The number of hydrogen-bond donors (Lipinski definition) is 1. The quantitative estimate of drug-likeness (QED) is 0.698. The molecule has 0 unspecified atom stereocenters. The van der Waals surface area contributed by atoms with Crippen LogP contribution in [0.3, 0.4) is 0 Å². The summed E-state index contributed by atoms with van der Waals surface area (Å²) in [7, 11) is 0. The Bertz CT molecular complexity index is 271. The monoisotopic (exact) mass is 182 g/mol. The summed E-state index contributed by atoms with van der Waals surface area (Å²) in [5, 5.41) is 8.70. The van der Waals surface area contributed by atoms with Gasteiger partial charge in [0.2, 0.25) is 5.88 Å². The van der Waals surface area contributed by atoms with Gasteiger partial charge in [-0.1, -0.05) is 0 Å². The van der Waals surface area contributed by atoms with Crippen LogP contribution >= 0.6 is 0 Å². The molecule has 70 valence electrons. The third kappa shape index (κ3) is 1.93. The van der Waals surface area contributed by atoms with Crippen molar-refractivity contribution < 1.29 is 14.6 Å². The second kappa shape index (κ2) is 3.68. The number of ether oxygens (including phenoxy) is 2. The molecule has 0 aliphatic carbocycles. The highest BCUT2D eigenvalue weighted by Gasteiger charge is 2.20. The van der Waals surface area contributed by atoms with Crippen molar-refractivity contribution in [3.63, 3.8) is 0 Å². The molecule has 0 saturated carbocycles. The zero-order valence-electron chi connectivity index (χ0n) is 7.01. The van der Waals surface area contributed by atoms with Gasteiger partial charge in [-0.2, -0.15) is 0 Å². The zero-order chi connectivity index (χ0) is 9.10. The molecule has 0 spiro atoms. The summed E-state index contributed by atoms with van der Waals surface area (Å²) in [6.45, 7) is 1.13. The largest absolute Gasteiger partial charge is 0.468 e. The van der Waals surface area contributed by atoms with Crippen LogP contribution in [0.2, 0.25) is 0 Å². The van der Waals surface area contributed by atoms with Gasteiger partial charge in [-0.05, 0) is 0 Å². The van der Waals surface area contributed by atoms with Crippen molar-refractivity contribution in [3.8, 4) is 5.88 Å². The van der Waals surface area contributed by atoms with Crippen molar-refractivity contribution in [1.82, 2.24) is 9.97 Å². The van der Waals surface area contributed by atoms with Gasteiger partial charge in [0, 0.05) is 0 Å². The lowest BCUT2D eigenvalue weighted by molar-refractivity contribution is -0.0815. The molecule has 1 N–H and O–H groups in total. The first kappa shape index (κ1) is 8.40. The first-order valence-corrected chi connectivity index (χ1v) is 4.04. The number of aliphatic hydroxyl groups is 1. The normalized spacial score (nSPS) is 16.7. The summed E-state index contributed by atoms with van der Waals surface area (Å²) in [6.07, 6.45) is 3.10. The van der Waals surface area contributed by atoms with Crippen molar-refractivity contribution in [1.29, 1.82) is 0 Å². The van der Waals surface area contributed by atoms with Gasteiger partial charge in [-0.3, -0.25) is 4.98 Å². The molecule has 1 aromatic heterocycles. The van der Waals surface area contributed by atoms with Gasteiger partial charge in [0.25, 0.3) is 0 Å². The second-order valence-electron chi connectivity index (χ2n) is 2.78. The minimum absolute atomic E-state index is 0.0974. The van der Waals surface area contributed by atoms with Gasteiger partial charge in [0.15, 0.2) is 0 Å². The summed E-state index contributed by atoms with van der Waals surface area (Å²) in [4.78, 5) is 7.90. The van der Waals surface area contributed by atoms with E-state index in [-0.39, 0.29) is 12.7 Å². The summed E-state index contributed by atoms with van der Waals surface area (Å²) < 4.78 is 10.3. The Hall–Kier alpha value is -1.20. The highest BCUT2D eigenvalue weighted by Crippen LogP contribution is 2.11. The number of aliphatic hydroxyl groups excluding tert-OH is 1. The van der Waals surface area contributed by atoms with Crippen LogP contribution in [0.5, 0.6) is 5.88 Å². The first-order valence-electron chi connectivity index (χ1n) is 4.04. The molecule has 2 heterocycles. The van der Waals surface area contributed by atoms with E-state index in [1.807, 2.05) is 0 Å². The highest BCUT2D eigenvalue weighted by atomic mass is 16.6. The third-order valence-corrected chi connectivity index (χ3v) is 1.74. The van der Waals surface area contributed by atoms with Gasteiger partial charge >= 0.3 is 0 Å². The molecule has 13 heavy (non-hydrogen) atoms. The van der Waals surface area contributed by atoms with Gasteiger partial charge in [-0.15, -0.1) is 0 Å². The standard InChI is InChI=1S/C8H10N2O3/c11-3-6-1-10-8(2-9-6)13-7-4-12-5-7/h1-2,7,11H,3-5H2. The van der Waals surface area contributed by atoms with Crippen LogP contribution in [0.15, 0.2) is 12.4 Å². The highest BCUT2D eigenvalue weighted by molar-refractivity contribution is 5.07. The minimum atomic E-state index is -0.0974. The second-order valence-corrected chi connectivity index (χ2v) is 2.78. The number of nitrogens with zero attached hydrogens (tertiary/aromatic N) is 2. The van der Waals surface area contributed by atoms with Crippen LogP contribution in [0.1, 0.15) is 5.69 Å². The van der Waals surface area contributed by atoms with Crippen LogP contribution in [-0.2, 0) is 11.3 Å². The van der Waals surface area contributed by atoms with Crippen molar-refractivity contribution >= 4 is 0 Å². The Kier molecular flexibility index (Phi) is 2.37. The molecular weight excluding hydrogens is 172 g/mol. The number of rotatable bonds is 3. The maximum Gasteiger partial charge on any atom is 0.232 e. The smallest absolute Gasteiger partial charge is 0.232 e. The maximum absolute atomic E-state index is 8.70. The molecule has 5 nitrogen and oxygen atoms in total. The summed E-state index contributed by atoms with van der Waals surface area (Å²) in [5.74, 6) is 0.477. The molecule has 2 rings (SSSR count). The molecule has 1 fully saturated rings. The molecule has 0 bridgehead atoms. The third-order valence-electron chi connectivity index (χ3n) is 1.74. The summed E-state index contributed by atoms with van der Waals surface area (Å²) in [5.41, 5.74) is 0.539. The molecule has 5 heteroatoms. The van der Waals surface area contributed by atoms with Crippen LogP contribution in [0.4, 0.5) is 0 Å². The average Bonchev–Trinajstić information content (AvgIpc) is 2.12. The maximum atomic E-state index is 8.70. The van der Waals surface area contributed by atoms with E-state index in [4.69, 9.17) is 14.6 Å². The van der Waals surface area contributed by atoms with Gasteiger partial charge in [-0.25, -0.2) is 4.98 Å². The summed E-state index contributed by atoms with van der Waals surface area (Å²) in [6, 6.07) is 0. The Morgan fingerprint density at radius 2 is 2.31 bits per heavy atom. The number of hydrogen-bond acceptors (Lipinski definition) is 5.